The van der Waals surface area contributed by atoms with Gasteiger partial charge in [-0.15, -0.1) is 0 Å². The summed E-state index contributed by atoms with van der Waals surface area (Å²) >= 11 is 0. The van der Waals surface area contributed by atoms with Gasteiger partial charge in [0.15, 0.2) is 5.96 Å². The van der Waals surface area contributed by atoms with Crippen LogP contribution in [0, 0.1) is 0 Å². The number of rotatable bonds is 17. The number of aromatic amines is 1. The highest BCUT2D eigenvalue weighted by Crippen LogP contribution is 2.13. The van der Waals surface area contributed by atoms with Crippen molar-refractivity contribution in [3.8, 4) is 5.75 Å². The SMILES string of the molecule is NC(N)=NCCCC(NC(=O)C(N)Cc1cnc[nH]1)C(=O)NC(Cc1ccc(O)cc1)C(=O)NC(Cc1ccccc1)C(=O)O. The molecule has 0 aliphatic rings. The van der Waals surface area contributed by atoms with E-state index in [2.05, 4.69) is 30.9 Å². The molecule has 0 aliphatic heterocycles. The minimum absolute atomic E-state index is 0.00705. The number of hydrogen-bond acceptors (Lipinski definition) is 8. The maximum atomic E-state index is 13.6. The summed E-state index contributed by atoms with van der Waals surface area (Å²) in [6.45, 7) is 0.180. The van der Waals surface area contributed by atoms with Gasteiger partial charge in [-0.25, -0.2) is 9.78 Å². The number of guanidine groups is 1. The zero-order valence-corrected chi connectivity index (χ0v) is 24.6. The van der Waals surface area contributed by atoms with Gasteiger partial charge >= 0.3 is 5.97 Å². The smallest absolute Gasteiger partial charge is 0.326 e. The molecule has 1 heterocycles. The summed E-state index contributed by atoms with van der Waals surface area (Å²) in [6.07, 6.45) is 3.50. The van der Waals surface area contributed by atoms with Crippen molar-refractivity contribution in [3.63, 3.8) is 0 Å². The molecule has 4 atom stereocenters. The Labute approximate surface area is 259 Å². The van der Waals surface area contributed by atoms with Crippen LogP contribution in [0.2, 0.25) is 0 Å². The number of nitrogens with two attached hydrogens (primary N) is 3. The van der Waals surface area contributed by atoms with Crippen LogP contribution in [-0.4, -0.2) is 80.5 Å². The number of phenolic OH excluding ortho intramolecular Hbond substituents is 1. The van der Waals surface area contributed by atoms with Gasteiger partial charge in [-0.1, -0.05) is 42.5 Å². The molecule has 0 radical (unpaired) electrons. The van der Waals surface area contributed by atoms with Crippen LogP contribution in [0.15, 0.2) is 72.1 Å². The number of phenols is 1. The van der Waals surface area contributed by atoms with Gasteiger partial charge < -0.3 is 48.3 Å². The minimum Gasteiger partial charge on any atom is -0.508 e. The van der Waals surface area contributed by atoms with Crippen LogP contribution in [0.3, 0.4) is 0 Å². The van der Waals surface area contributed by atoms with E-state index in [0.29, 0.717) is 23.2 Å². The summed E-state index contributed by atoms with van der Waals surface area (Å²) in [4.78, 5) is 62.8. The Balaban J connectivity index is 1.80. The molecule has 3 aromatic rings. The minimum atomic E-state index is -1.28. The van der Waals surface area contributed by atoms with Crippen molar-refractivity contribution in [2.24, 2.45) is 22.2 Å². The third kappa shape index (κ3) is 11.6. The van der Waals surface area contributed by atoms with Crippen LogP contribution in [0.5, 0.6) is 5.75 Å². The normalized spacial score (nSPS) is 13.4. The monoisotopic (exact) mass is 621 g/mol. The number of carbonyl (C=O) groups excluding carboxylic acids is 3. The summed E-state index contributed by atoms with van der Waals surface area (Å²) in [5.74, 6) is -3.43. The predicted octanol–water partition coefficient (Wildman–Crippen LogP) is -0.937. The Bertz CT molecular complexity index is 1430. The molecule has 12 N–H and O–H groups in total. The first-order valence-corrected chi connectivity index (χ1v) is 14.3. The van der Waals surface area contributed by atoms with Crippen LogP contribution < -0.4 is 33.2 Å². The molecule has 3 rings (SSSR count). The van der Waals surface area contributed by atoms with Gasteiger partial charge in [0.25, 0.3) is 0 Å². The number of aromatic hydroxyl groups is 1. The van der Waals surface area contributed by atoms with E-state index in [1.165, 1.54) is 24.7 Å². The molecule has 4 unspecified atom stereocenters. The molecule has 2 aromatic carbocycles. The molecule has 45 heavy (non-hydrogen) atoms. The summed E-state index contributed by atoms with van der Waals surface area (Å²) in [5.41, 5.74) is 18.8. The zero-order valence-electron chi connectivity index (χ0n) is 24.6. The highest BCUT2D eigenvalue weighted by atomic mass is 16.4. The van der Waals surface area contributed by atoms with Crippen LogP contribution in [-0.2, 0) is 38.4 Å². The van der Waals surface area contributed by atoms with Crippen LogP contribution in [0.1, 0.15) is 29.7 Å². The largest absolute Gasteiger partial charge is 0.508 e. The number of imidazole rings is 1. The van der Waals surface area contributed by atoms with E-state index in [1.807, 2.05) is 0 Å². The Hall–Kier alpha value is -5.44. The number of aromatic nitrogens is 2. The van der Waals surface area contributed by atoms with Crippen molar-refractivity contribution in [1.82, 2.24) is 25.9 Å². The van der Waals surface area contributed by atoms with Crippen LogP contribution >= 0.6 is 0 Å². The Kier molecular flexibility index (Phi) is 12.9. The Morgan fingerprint density at radius 2 is 1.42 bits per heavy atom. The zero-order chi connectivity index (χ0) is 32.8. The van der Waals surface area contributed by atoms with Gasteiger partial charge in [0.2, 0.25) is 17.7 Å². The van der Waals surface area contributed by atoms with Gasteiger partial charge in [-0.05, 0) is 36.1 Å². The number of nitrogens with zero attached hydrogens (tertiary/aromatic N) is 2. The van der Waals surface area contributed by atoms with Crippen molar-refractivity contribution in [2.45, 2.75) is 56.3 Å². The summed E-state index contributed by atoms with van der Waals surface area (Å²) in [6, 6.07) is 10.1. The topological polar surface area (TPSA) is 264 Å². The van der Waals surface area contributed by atoms with Crippen LogP contribution in [0.4, 0.5) is 0 Å². The molecule has 240 valence electrons. The molecule has 15 heteroatoms. The highest BCUT2D eigenvalue weighted by molar-refractivity contribution is 5.94. The maximum Gasteiger partial charge on any atom is 0.326 e. The molecular formula is C30H39N9O6. The number of H-pyrrole nitrogens is 1. The van der Waals surface area contributed by atoms with Crippen molar-refractivity contribution in [2.75, 3.05) is 6.54 Å². The van der Waals surface area contributed by atoms with Crippen molar-refractivity contribution < 1.29 is 29.4 Å². The number of nitrogens with one attached hydrogen (secondary N) is 4. The second-order valence-corrected chi connectivity index (χ2v) is 10.4. The van der Waals surface area contributed by atoms with E-state index in [1.54, 1.807) is 42.5 Å². The molecule has 0 saturated heterocycles. The van der Waals surface area contributed by atoms with Crippen LogP contribution in [0.25, 0.3) is 0 Å². The summed E-state index contributed by atoms with van der Waals surface area (Å²) < 4.78 is 0. The number of aliphatic imine (C=N–C) groups is 1. The fourth-order valence-corrected chi connectivity index (χ4v) is 4.45. The third-order valence-corrected chi connectivity index (χ3v) is 6.82. The quantitative estimate of drug-likeness (QED) is 0.0507. The Morgan fingerprint density at radius 3 is 2.04 bits per heavy atom. The van der Waals surface area contributed by atoms with E-state index < -0.39 is 47.9 Å². The van der Waals surface area contributed by atoms with E-state index >= 15 is 0 Å². The lowest BCUT2D eigenvalue weighted by molar-refractivity contribution is -0.142. The molecule has 3 amide bonds. The standard InChI is InChI=1S/C30H39N9O6/c31-22(15-20-16-34-17-36-20)26(41)37-23(7-4-12-35-30(32)33)27(42)38-24(13-19-8-10-21(40)11-9-19)28(43)39-25(29(44)45)14-18-5-2-1-3-6-18/h1-3,5-6,8-11,16-17,22-25,40H,4,7,12-15,31H2,(H,34,36)(H,37,41)(H,38,42)(H,39,43)(H,44,45)(H4,32,33,35). The van der Waals surface area contributed by atoms with E-state index in [-0.39, 0.29) is 43.9 Å². The van der Waals surface area contributed by atoms with Gasteiger partial charge in [0.1, 0.15) is 23.9 Å². The molecule has 0 bridgehead atoms. The van der Waals surface area contributed by atoms with Gasteiger partial charge in [0.05, 0.1) is 12.4 Å². The molecule has 0 aliphatic carbocycles. The molecule has 0 spiro atoms. The Morgan fingerprint density at radius 1 is 0.822 bits per heavy atom. The molecule has 0 saturated carbocycles. The number of aliphatic carboxylic acids is 1. The number of benzene rings is 2. The van der Waals surface area contributed by atoms with E-state index in [0.717, 1.165) is 0 Å². The molecule has 1 aromatic heterocycles. The first kappa shape index (κ1) is 34.1. The predicted molar refractivity (Wildman–Crippen MR) is 166 cm³/mol. The highest BCUT2D eigenvalue weighted by Gasteiger charge is 2.30. The lowest BCUT2D eigenvalue weighted by Crippen LogP contribution is -2.58. The number of carboxylic acids is 1. The number of carboxylic acid groups (broad SMARTS) is 1. The van der Waals surface area contributed by atoms with E-state index in [9.17, 15) is 29.4 Å². The second-order valence-electron chi connectivity index (χ2n) is 10.4. The number of hydrogen-bond donors (Lipinski definition) is 9. The van der Waals surface area contributed by atoms with Gasteiger partial charge in [-0.3, -0.25) is 19.4 Å². The first-order valence-electron chi connectivity index (χ1n) is 14.3. The fourth-order valence-electron chi connectivity index (χ4n) is 4.45. The average molecular weight is 622 g/mol. The van der Waals surface area contributed by atoms with Gasteiger partial charge in [-0.2, -0.15) is 0 Å². The average Bonchev–Trinajstić information content (AvgIpc) is 3.52. The summed E-state index contributed by atoms with van der Waals surface area (Å²) in [7, 11) is 0. The molecular weight excluding hydrogens is 582 g/mol. The van der Waals surface area contributed by atoms with Crippen molar-refractivity contribution in [1.29, 1.82) is 0 Å². The van der Waals surface area contributed by atoms with Gasteiger partial charge in [0, 0.05) is 37.7 Å². The third-order valence-electron chi connectivity index (χ3n) is 6.82. The molecule has 0 fully saturated rings. The second kappa shape index (κ2) is 17.0. The number of amides is 3. The van der Waals surface area contributed by atoms with E-state index in [4.69, 9.17) is 17.2 Å². The van der Waals surface area contributed by atoms with Crippen molar-refractivity contribution in [3.05, 3.63) is 83.9 Å². The fraction of sp³-hybridized carbons (Fsp3) is 0.333. The maximum absolute atomic E-state index is 13.6. The number of carbonyl (C=O) groups is 4. The van der Waals surface area contributed by atoms with Crippen molar-refractivity contribution >= 4 is 29.7 Å². The summed E-state index contributed by atoms with van der Waals surface area (Å²) in [5, 5.41) is 27.4. The lowest BCUT2D eigenvalue weighted by atomic mass is 10.0. The first-order chi connectivity index (χ1) is 21.5. The lowest BCUT2D eigenvalue weighted by Gasteiger charge is -2.25. The molecule has 15 nitrogen and oxygen atoms in total.